The van der Waals surface area contributed by atoms with Crippen LogP contribution in [0.15, 0.2) is 41.2 Å². The molecule has 1 N–H and O–H groups in total. The van der Waals surface area contributed by atoms with Gasteiger partial charge in [0.05, 0.1) is 19.7 Å². The van der Waals surface area contributed by atoms with Crippen LogP contribution in [0.4, 0.5) is 4.79 Å². The van der Waals surface area contributed by atoms with Gasteiger partial charge in [-0.2, -0.15) is 11.3 Å². The maximum Gasteiger partial charge on any atom is 0.317 e. The maximum atomic E-state index is 12.4. The summed E-state index contributed by atoms with van der Waals surface area (Å²) < 4.78 is 7.64. The summed E-state index contributed by atoms with van der Waals surface area (Å²) in [6.45, 7) is 2.03. The topological polar surface area (TPSA) is 71.8 Å². The van der Waals surface area contributed by atoms with Gasteiger partial charge in [0, 0.05) is 12.7 Å². The number of carbonyl (C=O) groups excluding carboxylic acids is 1. The average Bonchev–Trinajstić information content (AvgIpc) is 3.30. The fourth-order valence-corrected chi connectivity index (χ4v) is 3.47. The summed E-state index contributed by atoms with van der Waals surface area (Å²) >= 11 is 1.64. The van der Waals surface area contributed by atoms with E-state index < -0.39 is 0 Å². The first-order valence-electron chi connectivity index (χ1n) is 7.76. The molecule has 1 fully saturated rings. The standard InChI is InChI=1S/C16H17N5O2S/c22-16(17-9-15-19-18-14-3-1-2-5-21(14)15)20-6-7-23-13(10-20)12-4-8-24-11-12/h1-5,8,11,13H,6-7,9-10H2,(H,17,22)/t13-/m1/s1. The highest BCUT2D eigenvalue weighted by Gasteiger charge is 2.25. The molecule has 124 valence electrons. The quantitative estimate of drug-likeness (QED) is 0.790. The summed E-state index contributed by atoms with van der Waals surface area (Å²) in [6.07, 6.45) is 1.84. The zero-order valence-electron chi connectivity index (χ0n) is 13.0. The Morgan fingerprint density at radius 2 is 2.33 bits per heavy atom. The summed E-state index contributed by atoms with van der Waals surface area (Å²) in [5.74, 6) is 0.710. The predicted molar refractivity (Wildman–Crippen MR) is 89.8 cm³/mol. The lowest BCUT2D eigenvalue weighted by molar-refractivity contribution is -0.0152. The average molecular weight is 343 g/mol. The molecule has 3 aromatic heterocycles. The number of thiophene rings is 1. The summed E-state index contributed by atoms with van der Waals surface area (Å²) in [4.78, 5) is 14.2. The lowest BCUT2D eigenvalue weighted by Crippen LogP contribution is -2.47. The SMILES string of the molecule is O=C(NCc1nnc2ccccn12)N1CCO[C@@H](c2ccsc2)C1. The molecule has 8 heteroatoms. The number of fused-ring (bicyclic) bond motifs is 1. The van der Waals surface area contributed by atoms with Crippen LogP contribution in [0.1, 0.15) is 17.5 Å². The van der Waals surface area contributed by atoms with Gasteiger partial charge in [-0.15, -0.1) is 10.2 Å². The molecule has 1 aliphatic heterocycles. The largest absolute Gasteiger partial charge is 0.370 e. The minimum atomic E-state index is -0.105. The zero-order chi connectivity index (χ0) is 16.4. The number of pyridine rings is 1. The van der Waals surface area contributed by atoms with Crippen molar-refractivity contribution in [3.05, 3.63) is 52.6 Å². The van der Waals surface area contributed by atoms with Crippen molar-refractivity contribution in [2.24, 2.45) is 0 Å². The summed E-state index contributed by atoms with van der Waals surface area (Å²) in [6, 6.07) is 7.64. The van der Waals surface area contributed by atoms with Crippen LogP contribution in [0.3, 0.4) is 0 Å². The van der Waals surface area contributed by atoms with Gasteiger partial charge < -0.3 is 15.0 Å². The highest BCUT2D eigenvalue weighted by molar-refractivity contribution is 7.07. The van der Waals surface area contributed by atoms with E-state index in [2.05, 4.69) is 20.9 Å². The Morgan fingerprint density at radius 3 is 3.21 bits per heavy atom. The lowest BCUT2D eigenvalue weighted by atomic mass is 10.1. The number of amides is 2. The van der Waals surface area contributed by atoms with Crippen molar-refractivity contribution < 1.29 is 9.53 Å². The van der Waals surface area contributed by atoms with E-state index in [4.69, 9.17) is 4.74 Å². The molecule has 4 rings (SSSR count). The van der Waals surface area contributed by atoms with Crippen LogP contribution < -0.4 is 5.32 Å². The third-order valence-electron chi connectivity index (χ3n) is 4.05. The van der Waals surface area contributed by atoms with Gasteiger partial charge >= 0.3 is 6.03 Å². The Bertz CT molecular complexity index is 832. The highest BCUT2D eigenvalue weighted by Crippen LogP contribution is 2.24. The van der Waals surface area contributed by atoms with Gasteiger partial charge in [0.25, 0.3) is 0 Å². The van der Waals surface area contributed by atoms with Crippen molar-refractivity contribution in [3.8, 4) is 0 Å². The smallest absolute Gasteiger partial charge is 0.317 e. The van der Waals surface area contributed by atoms with E-state index in [1.54, 1.807) is 16.2 Å². The third-order valence-corrected chi connectivity index (χ3v) is 4.75. The van der Waals surface area contributed by atoms with Crippen molar-refractivity contribution in [3.63, 3.8) is 0 Å². The molecule has 0 aromatic carbocycles. The van der Waals surface area contributed by atoms with E-state index in [0.717, 1.165) is 11.2 Å². The van der Waals surface area contributed by atoms with Gasteiger partial charge in [-0.25, -0.2) is 4.79 Å². The summed E-state index contributed by atoms with van der Waals surface area (Å²) in [5.41, 5.74) is 1.89. The van der Waals surface area contributed by atoms with E-state index in [1.807, 2.05) is 40.2 Å². The summed E-state index contributed by atoms with van der Waals surface area (Å²) in [5, 5.41) is 15.2. The van der Waals surface area contributed by atoms with E-state index in [1.165, 1.54) is 0 Å². The second-order valence-corrected chi connectivity index (χ2v) is 6.35. The first-order chi connectivity index (χ1) is 11.8. The van der Waals surface area contributed by atoms with Crippen molar-refractivity contribution in [2.75, 3.05) is 19.7 Å². The number of rotatable bonds is 3. The van der Waals surface area contributed by atoms with Crippen LogP contribution in [-0.2, 0) is 11.3 Å². The first-order valence-corrected chi connectivity index (χ1v) is 8.70. The fourth-order valence-electron chi connectivity index (χ4n) is 2.77. The Labute approximate surface area is 142 Å². The Kier molecular flexibility index (Phi) is 4.14. The number of hydrogen-bond donors (Lipinski definition) is 1. The molecular formula is C16H17N5O2S. The molecule has 0 aliphatic carbocycles. The molecule has 4 heterocycles. The maximum absolute atomic E-state index is 12.4. The minimum Gasteiger partial charge on any atom is -0.370 e. The molecule has 0 spiro atoms. The lowest BCUT2D eigenvalue weighted by Gasteiger charge is -2.32. The molecule has 1 saturated heterocycles. The minimum absolute atomic E-state index is 0.0512. The molecular weight excluding hydrogens is 326 g/mol. The molecule has 0 bridgehead atoms. The van der Waals surface area contributed by atoms with Crippen LogP contribution >= 0.6 is 11.3 Å². The normalized spacial score (nSPS) is 18.0. The van der Waals surface area contributed by atoms with Gasteiger partial charge in [0.15, 0.2) is 11.5 Å². The van der Waals surface area contributed by atoms with Gasteiger partial charge in [0.1, 0.15) is 6.10 Å². The van der Waals surface area contributed by atoms with Crippen molar-refractivity contribution >= 4 is 23.0 Å². The highest BCUT2D eigenvalue weighted by atomic mass is 32.1. The van der Waals surface area contributed by atoms with Gasteiger partial charge in [-0.1, -0.05) is 6.07 Å². The number of hydrogen-bond acceptors (Lipinski definition) is 5. The molecule has 1 atom stereocenters. The number of morpholine rings is 1. The van der Waals surface area contributed by atoms with E-state index in [0.29, 0.717) is 32.1 Å². The van der Waals surface area contributed by atoms with Gasteiger partial charge in [-0.05, 0) is 34.5 Å². The monoisotopic (exact) mass is 343 g/mol. The molecule has 1 aliphatic rings. The van der Waals surface area contributed by atoms with Crippen LogP contribution in [0.5, 0.6) is 0 Å². The first kappa shape index (κ1) is 15.1. The second-order valence-electron chi connectivity index (χ2n) is 5.57. The number of urea groups is 1. The molecule has 0 radical (unpaired) electrons. The van der Waals surface area contributed by atoms with E-state index in [-0.39, 0.29) is 12.1 Å². The Balaban J connectivity index is 1.39. The number of ether oxygens (including phenoxy) is 1. The molecule has 24 heavy (non-hydrogen) atoms. The van der Waals surface area contributed by atoms with Crippen LogP contribution in [-0.4, -0.2) is 45.2 Å². The molecule has 3 aromatic rings. The number of nitrogens with one attached hydrogen (secondary N) is 1. The number of carbonyl (C=O) groups is 1. The van der Waals surface area contributed by atoms with Crippen molar-refractivity contribution in [2.45, 2.75) is 12.6 Å². The van der Waals surface area contributed by atoms with Gasteiger partial charge in [0.2, 0.25) is 0 Å². The predicted octanol–water partition coefficient (Wildman–Crippen LogP) is 2.07. The molecule has 2 amide bonds. The van der Waals surface area contributed by atoms with Crippen molar-refractivity contribution in [1.82, 2.24) is 24.8 Å². The number of nitrogens with zero attached hydrogens (tertiary/aromatic N) is 4. The third kappa shape index (κ3) is 2.98. The Hall–Kier alpha value is -2.45. The number of aromatic nitrogens is 3. The zero-order valence-corrected chi connectivity index (χ0v) is 13.8. The summed E-state index contributed by atoms with van der Waals surface area (Å²) in [7, 11) is 0. The molecule has 0 saturated carbocycles. The second kappa shape index (κ2) is 6.58. The van der Waals surface area contributed by atoms with Crippen LogP contribution in [0.25, 0.3) is 5.65 Å². The van der Waals surface area contributed by atoms with E-state index >= 15 is 0 Å². The van der Waals surface area contributed by atoms with E-state index in [9.17, 15) is 4.79 Å². The Morgan fingerprint density at radius 1 is 1.38 bits per heavy atom. The molecule has 7 nitrogen and oxygen atoms in total. The van der Waals surface area contributed by atoms with Gasteiger partial charge in [-0.3, -0.25) is 4.40 Å². The fraction of sp³-hybridized carbons (Fsp3) is 0.312. The van der Waals surface area contributed by atoms with Crippen molar-refractivity contribution in [1.29, 1.82) is 0 Å². The van der Waals surface area contributed by atoms with Crippen LogP contribution in [0.2, 0.25) is 0 Å². The van der Waals surface area contributed by atoms with Crippen LogP contribution in [0, 0.1) is 0 Å². The molecule has 0 unspecified atom stereocenters.